The Labute approximate surface area is 119 Å². The van der Waals surface area contributed by atoms with Crippen LogP contribution in [0.2, 0.25) is 0 Å². The highest BCUT2D eigenvalue weighted by Crippen LogP contribution is 2.36. The van der Waals surface area contributed by atoms with Crippen LogP contribution in [0.15, 0.2) is 23.2 Å². The number of anilines is 1. The van der Waals surface area contributed by atoms with E-state index in [0.717, 1.165) is 31.5 Å². The largest absolute Gasteiger partial charge is 0.393 e. The number of hydrogen-bond acceptors (Lipinski definition) is 5. The topological polar surface area (TPSA) is 70.5 Å². The van der Waals surface area contributed by atoms with Gasteiger partial charge in [-0.15, -0.1) is 0 Å². The van der Waals surface area contributed by atoms with E-state index in [4.69, 9.17) is 0 Å². The van der Waals surface area contributed by atoms with Gasteiger partial charge in [-0.3, -0.25) is 0 Å². The number of pyridine rings is 1. The van der Waals surface area contributed by atoms with Crippen LogP contribution in [-0.4, -0.2) is 43.0 Å². The van der Waals surface area contributed by atoms with Gasteiger partial charge in [-0.05, 0) is 44.2 Å². The molecule has 3 heterocycles. The van der Waals surface area contributed by atoms with Crippen molar-refractivity contribution in [3.63, 3.8) is 0 Å². The molecule has 0 radical (unpaired) electrons. The zero-order valence-corrected chi connectivity index (χ0v) is 12.4. The molecule has 1 aromatic heterocycles. The van der Waals surface area contributed by atoms with Crippen molar-refractivity contribution >= 4 is 15.7 Å². The van der Waals surface area contributed by atoms with E-state index in [-0.39, 0.29) is 11.0 Å². The van der Waals surface area contributed by atoms with Gasteiger partial charge in [0.05, 0.1) is 11.0 Å². The van der Waals surface area contributed by atoms with Crippen molar-refractivity contribution in [3.05, 3.63) is 18.3 Å². The Bertz CT molecular complexity index is 571. The normalized spacial score (nSPS) is 30.3. The predicted octanol–water partition coefficient (Wildman–Crippen LogP) is 1.37. The molecule has 0 aliphatic carbocycles. The molecule has 0 spiro atoms. The molecule has 1 unspecified atom stereocenters. The quantitative estimate of drug-likeness (QED) is 0.892. The number of rotatable bonds is 2. The molecule has 1 N–H and O–H groups in total. The fraction of sp³-hybridized carbons (Fsp3) is 0.643. The molecule has 6 heteroatoms. The summed E-state index contributed by atoms with van der Waals surface area (Å²) in [6.07, 6.45) is 7.32. The number of nitrogens with zero attached hydrogens (tertiary/aromatic N) is 2. The molecule has 20 heavy (non-hydrogen) atoms. The summed E-state index contributed by atoms with van der Waals surface area (Å²) in [5, 5.41) is 9.90. The van der Waals surface area contributed by atoms with Gasteiger partial charge in [-0.2, -0.15) is 0 Å². The molecular formula is C14H20N2O3S. The average molecular weight is 296 g/mol. The van der Waals surface area contributed by atoms with Gasteiger partial charge in [-0.25, -0.2) is 13.4 Å². The fourth-order valence-electron chi connectivity index (χ4n) is 3.47. The Morgan fingerprint density at radius 1 is 1.25 bits per heavy atom. The zero-order chi connectivity index (χ0) is 14.3. The number of aliphatic hydroxyl groups excluding tert-OH is 1. The summed E-state index contributed by atoms with van der Waals surface area (Å²) in [7, 11) is -3.20. The van der Waals surface area contributed by atoms with Crippen LogP contribution in [-0.2, 0) is 9.84 Å². The lowest BCUT2D eigenvalue weighted by Gasteiger charge is -2.48. The van der Waals surface area contributed by atoms with E-state index >= 15 is 0 Å². The highest BCUT2D eigenvalue weighted by atomic mass is 32.2. The molecule has 2 saturated heterocycles. The molecule has 3 atom stereocenters. The summed E-state index contributed by atoms with van der Waals surface area (Å²) in [5.41, 5.74) is 0. The van der Waals surface area contributed by atoms with Crippen LogP contribution in [0.1, 0.15) is 32.1 Å². The van der Waals surface area contributed by atoms with Gasteiger partial charge in [0, 0.05) is 24.5 Å². The lowest BCUT2D eigenvalue weighted by molar-refractivity contribution is 0.0924. The Hall–Kier alpha value is -1.14. The van der Waals surface area contributed by atoms with Crippen LogP contribution in [0, 0.1) is 0 Å². The zero-order valence-electron chi connectivity index (χ0n) is 11.6. The van der Waals surface area contributed by atoms with Gasteiger partial charge < -0.3 is 10.0 Å². The minimum Gasteiger partial charge on any atom is -0.393 e. The highest BCUT2D eigenvalue weighted by molar-refractivity contribution is 7.90. The molecule has 2 fully saturated rings. The lowest BCUT2D eigenvalue weighted by atomic mass is 9.83. The second-order valence-electron chi connectivity index (χ2n) is 5.90. The second-order valence-corrected chi connectivity index (χ2v) is 7.91. The summed E-state index contributed by atoms with van der Waals surface area (Å²) < 4.78 is 22.9. The third-order valence-electron chi connectivity index (χ3n) is 4.36. The number of aromatic nitrogens is 1. The number of fused-ring (bicyclic) bond motifs is 2. The first-order valence-electron chi connectivity index (χ1n) is 7.07. The average Bonchev–Trinajstić information content (AvgIpc) is 2.37. The van der Waals surface area contributed by atoms with Gasteiger partial charge >= 0.3 is 0 Å². The van der Waals surface area contributed by atoms with Crippen molar-refractivity contribution in [1.29, 1.82) is 0 Å². The number of hydrogen-bond donors (Lipinski definition) is 1. The summed E-state index contributed by atoms with van der Waals surface area (Å²) in [6, 6.07) is 4.07. The molecule has 1 aromatic rings. The van der Waals surface area contributed by atoms with Crippen molar-refractivity contribution in [2.75, 3.05) is 11.2 Å². The minimum absolute atomic E-state index is 0.211. The van der Waals surface area contributed by atoms with Crippen molar-refractivity contribution < 1.29 is 13.5 Å². The van der Waals surface area contributed by atoms with E-state index in [1.54, 1.807) is 12.1 Å². The van der Waals surface area contributed by atoms with Crippen molar-refractivity contribution in [3.8, 4) is 0 Å². The minimum atomic E-state index is -3.20. The van der Waals surface area contributed by atoms with Crippen molar-refractivity contribution in [1.82, 2.24) is 4.98 Å². The van der Waals surface area contributed by atoms with Crippen LogP contribution in [0.25, 0.3) is 0 Å². The van der Waals surface area contributed by atoms with E-state index in [1.807, 2.05) is 0 Å². The Morgan fingerprint density at radius 2 is 1.90 bits per heavy atom. The molecule has 2 bridgehead atoms. The van der Waals surface area contributed by atoms with Gasteiger partial charge in [0.25, 0.3) is 0 Å². The van der Waals surface area contributed by atoms with Gasteiger partial charge in [-0.1, -0.05) is 0 Å². The van der Waals surface area contributed by atoms with Crippen LogP contribution in [0.4, 0.5) is 5.82 Å². The molecular weight excluding hydrogens is 276 g/mol. The van der Waals surface area contributed by atoms with Crippen LogP contribution >= 0.6 is 0 Å². The van der Waals surface area contributed by atoms with E-state index in [0.29, 0.717) is 12.1 Å². The van der Waals surface area contributed by atoms with E-state index in [2.05, 4.69) is 9.88 Å². The fourth-order valence-corrected chi connectivity index (χ4v) is 4.03. The number of piperidine rings is 2. The lowest BCUT2D eigenvalue weighted by Crippen LogP contribution is -2.54. The first-order chi connectivity index (χ1) is 9.45. The van der Waals surface area contributed by atoms with Crippen LogP contribution < -0.4 is 4.90 Å². The first-order valence-corrected chi connectivity index (χ1v) is 8.97. The number of aliphatic hydroxyl groups is 1. The van der Waals surface area contributed by atoms with Gasteiger partial charge in [0.1, 0.15) is 5.82 Å². The molecule has 2 aliphatic heterocycles. The smallest absolute Gasteiger partial charge is 0.177 e. The van der Waals surface area contributed by atoms with E-state index < -0.39 is 9.84 Å². The summed E-state index contributed by atoms with van der Waals surface area (Å²) in [5.74, 6) is 0.832. The monoisotopic (exact) mass is 296 g/mol. The molecule has 110 valence electrons. The third-order valence-corrected chi connectivity index (χ3v) is 5.46. The number of sulfone groups is 1. The van der Waals surface area contributed by atoms with Crippen molar-refractivity contribution in [2.45, 2.75) is 55.2 Å². The van der Waals surface area contributed by atoms with Gasteiger partial charge in [0.15, 0.2) is 9.84 Å². The predicted molar refractivity (Wildman–Crippen MR) is 76.5 cm³/mol. The maximum absolute atomic E-state index is 11.5. The first kappa shape index (κ1) is 13.8. The summed E-state index contributed by atoms with van der Waals surface area (Å²) >= 11 is 0. The summed E-state index contributed by atoms with van der Waals surface area (Å²) in [6.45, 7) is 0. The van der Waals surface area contributed by atoms with Gasteiger partial charge in [0.2, 0.25) is 0 Å². The molecule has 5 nitrogen and oxygen atoms in total. The summed E-state index contributed by atoms with van der Waals surface area (Å²) in [4.78, 5) is 6.87. The Morgan fingerprint density at radius 3 is 2.40 bits per heavy atom. The van der Waals surface area contributed by atoms with Crippen LogP contribution in [0.5, 0.6) is 0 Å². The Balaban J connectivity index is 1.89. The van der Waals surface area contributed by atoms with Crippen LogP contribution in [0.3, 0.4) is 0 Å². The molecule has 0 amide bonds. The molecule has 0 saturated carbocycles. The Kier molecular flexibility index (Phi) is 3.46. The van der Waals surface area contributed by atoms with E-state index in [9.17, 15) is 13.5 Å². The third kappa shape index (κ3) is 2.54. The highest BCUT2D eigenvalue weighted by Gasteiger charge is 2.38. The standard InChI is InChI=1S/C14H20N2O3S/c1-20(18,19)13-5-6-14(15-9-13)16-10-3-2-4-11(16)8-12(17)7-10/h5-6,9-12,17H,2-4,7-8H2,1H3/t10-,11+,12?. The second kappa shape index (κ2) is 5.00. The maximum atomic E-state index is 11.5. The van der Waals surface area contributed by atoms with Crippen molar-refractivity contribution in [2.24, 2.45) is 0 Å². The molecule has 3 rings (SSSR count). The molecule has 2 aliphatic rings. The molecule has 0 aromatic carbocycles. The maximum Gasteiger partial charge on any atom is 0.177 e. The SMILES string of the molecule is CS(=O)(=O)c1ccc(N2[C@@H]3CCC[C@H]2CC(O)C3)nc1. The van der Waals surface area contributed by atoms with E-state index in [1.165, 1.54) is 18.9 Å².